The number of rotatable bonds is 7. The molecule has 34 heavy (non-hydrogen) atoms. The van der Waals surface area contributed by atoms with E-state index in [2.05, 4.69) is 41.2 Å². The number of likely N-dealkylation sites (tertiary alicyclic amines) is 1. The summed E-state index contributed by atoms with van der Waals surface area (Å²) in [5, 5.41) is 3.77. The van der Waals surface area contributed by atoms with Gasteiger partial charge in [-0.05, 0) is 71.0 Å². The molecule has 8 nitrogen and oxygen atoms in total. The third-order valence-corrected chi connectivity index (χ3v) is 9.33. The molecule has 0 bridgehead atoms. The average molecular weight is 489 g/mol. The second-order valence-corrected chi connectivity index (χ2v) is 11.6. The van der Waals surface area contributed by atoms with E-state index in [1.54, 1.807) is 18.7 Å². The topological polar surface area (TPSA) is 87.0 Å². The van der Waals surface area contributed by atoms with Crippen molar-refractivity contribution in [3.63, 3.8) is 0 Å². The normalized spacial score (nSPS) is 19.0. The monoisotopic (exact) mass is 488 g/mol. The molecule has 0 atom stereocenters. The van der Waals surface area contributed by atoms with Crippen LogP contribution in [0.3, 0.4) is 0 Å². The van der Waals surface area contributed by atoms with Crippen LogP contribution in [0, 0.1) is 26.7 Å². The smallest absolute Gasteiger partial charge is 0.248 e. The minimum atomic E-state index is -3.66. The molecule has 0 unspecified atom stereocenters. The molecule has 2 fully saturated rings. The van der Waals surface area contributed by atoms with Gasteiger partial charge < -0.3 is 9.42 Å². The highest BCUT2D eigenvalue weighted by Gasteiger charge is 2.34. The summed E-state index contributed by atoms with van der Waals surface area (Å²) in [6, 6.07) is 8.80. The highest BCUT2D eigenvalue weighted by Crippen LogP contribution is 2.25. The van der Waals surface area contributed by atoms with E-state index in [0.29, 0.717) is 50.1 Å². The van der Waals surface area contributed by atoms with E-state index in [4.69, 9.17) is 4.52 Å². The maximum atomic E-state index is 13.0. The fourth-order valence-corrected chi connectivity index (χ4v) is 6.71. The third kappa shape index (κ3) is 5.70. The van der Waals surface area contributed by atoms with Crippen molar-refractivity contribution in [2.75, 3.05) is 45.8 Å². The van der Waals surface area contributed by atoms with Crippen LogP contribution in [0.5, 0.6) is 0 Å². The maximum Gasteiger partial charge on any atom is 0.248 e. The minimum absolute atomic E-state index is 0.0903. The second-order valence-electron chi connectivity index (χ2n) is 9.68. The number of benzene rings is 1. The van der Waals surface area contributed by atoms with Crippen LogP contribution in [-0.2, 0) is 21.2 Å². The lowest BCUT2D eigenvalue weighted by Crippen LogP contribution is -2.53. The van der Waals surface area contributed by atoms with Crippen molar-refractivity contribution in [3.05, 3.63) is 46.8 Å². The van der Waals surface area contributed by atoms with Gasteiger partial charge in [0.2, 0.25) is 15.9 Å². The number of hydrogen-bond acceptors (Lipinski definition) is 6. The Morgan fingerprint density at radius 3 is 2.24 bits per heavy atom. The minimum Gasteiger partial charge on any atom is -0.360 e. The summed E-state index contributed by atoms with van der Waals surface area (Å²) in [5.41, 5.74) is 3.07. The van der Waals surface area contributed by atoms with Gasteiger partial charge in [-0.1, -0.05) is 35.0 Å². The number of hydrogen-bond donors (Lipinski definition) is 0. The molecule has 0 aliphatic carbocycles. The van der Waals surface area contributed by atoms with Crippen LogP contribution in [0.15, 0.2) is 33.7 Å². The summed E-state index contributed by atoms with van der Waals surface area (Å²) < 4.78 is 32.4. The molecule has 1 aromatic heterocycles. The van der Waals surface area contributed by atoms with Crippen LogP contribution in [0.25, 0.3) is 0 Å². The van der Waals surface area contributed by atoms with Crippen molar-refractivity contribution in [3.8, 4) is 0 Å². The number of carbonyl (C=O) groups excluding carboxylic acids is 1. The molecular formula is C25H36N4O4S. The first kappa shape index (κ1) is 24.9. The number of piperazine rings is 1. The third-order valence-electron chi connectivity index (χ3n) is 7.18. The Bertz CT molecular complexity index is 1060. The molecule has 1 amide bonds. The second kappa shape index (κ2) is 10.6. The van der Waals surface area contributed by atoms with E-state index in [0.717, 1.165) is 32.4 Å². The number of nitrogens with zero attached hydrogens (tertiary/aromatic N) is 4. The highest BCUT2D eigenvalue weighted by atomic mass is 32.2. The van der Waals surface area contributed by atoms with Crippen LogP contribution in [0.4, 0.5) is 0 Å². The Labute approximate surface area is 202 Å². The number of carbonyl (C=O) groups is 1. The van der Waals surface area contributed by atoms with Gasteiger partial charge in [0, 0.05) is 26.2 Å². The molecule has 9 heteroatoms. The summed E-state index contributed by atoms with van der Waals surface area (Å²) in [7, 11) is -3.66. The molecule has 2 aliphatic heterocycles. The van der Waals surface area contributed by atoms with Crippen LogP contribution >= 0.6 is 0 Å². The van der Waals surface area contributed by atoms with Crippen LogP contribution in [-0.4, -0.2) is 79.4 Å². The van der Waals surface area contributed by atoms with Crippen molar-refractivity contribution in [2.24, 2.45) is 5.92 Å². The number of piperidine rings is 1. The first-order valence-corrected chi connectivity index (χ1v) is 13.7. The molecule has 2 saturated heterocycles. The summed E-state index contributed by atoms with van der Waals surface area (Å²) in [6.45, 7) is 9.08. The van der Waals surface area contributed by atoms with Gasteiger partial charge in [0.25, 0.3) is 0 Å². The molecule has 0 spiro atoms. The van der Waals surface area contributed by atoms with Crippen molar-refractivity contribution in [1.82, 2.24) is 19.3 Å². The lowest BCUT2D eigenvalue weighted by Gasteiger charge is -2.36. The Morgan fingerprint density at radius 1 is 1.00 bits per heavy atom. The number of sulfonamides is 1. The summed E-state index contributed by atoms with van der Waals surface area (Å²) in [5.74, 6) is 1.11. The predicted octanol–water partition coefficient (Wildman–Crippen LogP) is 2.78. The highest BCUT2D eigenvalue weighted by molar-refractivity contribution is 7.89. The van der Waals surface area contributed by atoms with Gasteiger partial charge >= 0.3 is 0 Å². The lowest BCUT2D eigenvalue weighted by molar-refractivity contribution is -0.134. The van der Waals surface area contributed by atoms with E-state index in [9.17, 15) is 13.2 Å². The Balaban J connectivity index is 1.20. The standard InChI is InChI=1S/C25H36N4O4S/c1-19-4-6-22(7-5-19)8-9-23-10-12-27(13-11-23)18-24(30)28-14-16-29(17-15-28)34(31,32)25-20(2)26-33-21(25)3/h4-7,23H,8-18H2,1-3H3. The summed E-state index contributed by atoms with van der Waals surface area (Å²) in [6.07, 6.45) is 4.57. The lowest BCUT2D eigenvalue weighted by atomic mass is 9.90. The van der Waals surface area contributed by atoms with Gasteiger partial charge in [0.15, 0.2) is 5.76 Å². The van der Waals surface area contributed by atoms with Gasteiger partial charge in [-0.15, -0.1) is 0 Å². The molecule has 1 aromatic carbocycles. The van der Waals surface area contributed by atoms with E-state index in [-0.39, 0.29) is 10.8 Å². The quantitative estimate of drug-likeness (QED) is 0.596. The van der Waals surface area contributed by atoms with E-state index >= 15 is 0 Å². The molecule has 2 aromatic rings. The molecule has 3 heterocycles. The molecule has 186 valence electrons. The largest absolute Gasteiger partial charge is 0.360 e. The molecule has 0 N–H and O–H groups in total. The zero-order chi connectivity index (χ0) is 24.3. The fraction of sp³-hybridized carbons (Fsp3) is 0.600. The first-order valence-electron chi connectivity index (χ1n) is 12.2. The van der Waals surface area contributed by atoms with E-state index in [1.807, 2.05) is 0 Å². The number of aromatic nitrogens is 1. The molecule has 2 aliphatic rings. The zero-order valence-corrected chi connectivity index (χ0v) is 21.3. The number of amides is 1. The van der Waals surface area contributed by atoms with Gasteiger partial charge in [-0.3, -0.25) is 9.69 Å². The van der Waals surface area contributed by atoms with Crippen LogP contribution < -0.4 is 0 Å². The summed E-state index contributed by atoms with van der Waals surface area (Å²) >= 11 is 0. The van der Waals surface area contributed by atoms with Gasteiger partial charge in [0.05, 0.1) is 6.54 Å². The molecule has 4 rings (SSSR count). The molecule has 0 saturated carbocycles. The SMILES string of the molecule is Cc1ccc(CCC2CCN(CC(=O)N3CCN(S(=O)(=O)c4c(C)noc4C)CC3)CC2)cc1. The average Bonchev–Trinajstić information content (AvgIpc) is 3.18. The summed E-state index contributed by atoms with van der Waals surface area (Å²) in [4.78, 5) is 17.1. The van der Waals surface area contributed by atoms with Crippen molar-refractivity contribution in [2.45, 2.75) is 51.3 Å². The van der Waals surface area contributed by atoms with Crippen molar-refractivity contribution >= 4 is 15.9 Å². The molecule has 0 radical (unpaired) electrons. The van der Waals surface area contributed by atoms with Gasteiger partial charge in [0.1, 0.15) is 10.6 Å². The predicted molar refractivity (Wildman–Crippen MR) is 130 cm³/mol. The van der Waals surface area contributed by atoms with E-state index < -0.39 is 10.0 Å². The van der Waals surface area contributed by atoms with Crippen LogP contribution in [0.1, 0.15) is 41.8 Å². The Kier molecular flexibility index (Phi) is 7.74. The molecular weight excluding hydrogens is 452 g/mol. The van der Waals surface area contributed by atoms with E-state index in [1.165, 1.54) is 21.9 Å². The number of aryl methyl sites for hydroxylation is 4. The van der Waals surface area contributed by atoms with Crippen molar-refractivity contribution < 1.29 is 17.7 Å². The maximum absolute atomic E-state index is 13.0. The fourth-order valence-electron chi connectivity index (χ4n) is 5.00. The van der Waals surface area contributed by atoms with Gasteiger partial charge in [-0.25, -0.2) is 8.42 Å². The Morgan fingerprint density at radius 2 is 1.65 bits per heavy atom. The van der Waals surface area contributed by atoms with Crippen LogP contribution in [0.2, 0.25) is 0 Å². The van der Waals surface area contributed by atoms with Gasteiger partial charge in [-0.2, -0.15) is 4.31 Å². The first-order chi connectivity index (χ1) is 16.2. The Hall–Kier alpha value is -2.23. The van der Waals surface area contributed by atoms with Crippen molar-refractivity contribution in [1.29, 1.82) is 0 Å². The zero-order valence-electron chi connectivity index (χ0n) is 20.5.